The van der Waals surface area contributed by atoms with E-state index in [0.29, 0.717) is 0 Å². The molecule has 98 valence electrons. The number of likely N-dealkylation sites (N-methyl/N-ethyl adjacent to an activating group) is 1. The second kappa shape index (κ2) is 6.18. The van der Waals surface area contributed by atoms with Gasteiger partial charge in [-0.3, -0.25) is 4.90 Å². The maximum Gasteiger partial charge on any atom is 0.0947 e. The molecule has 0 bridgehead atoms. The normalized spacial score (nSPS) is 14.9. The molecule has 0 saturated carbocycles. The zero-order valence-corrected chi connectivity index (χ0v) is 11.7. The fourth-order valence-corrected chi connectivity index (χ4v) is 2.95. The van der Waals surface area contributed by atoms with E-state index in [9.17, 15) is 0 Å². The van der Waals surface area contributed by atoms with Crippen molar-refractivity contribution in [2.75, 3.05) is 7.05 Å². The molecular weight excluding hydrogens is 244 g/mol. The van der Waals surface area contributed by atoms with Crippen LogP contribution in [0.3, 0.4) is 0 Å². The number of hydrogen-bond donors (Lipinski definition) is 1. The Morgan fingerprint density at radius 1 is 1.44 bits per heavy atom. The Morgan fingerprint density at radius 3 is 2.83 bits per heavy atom. The van der Waals surface area contributed by atoms with Crippen LogP contribution in [0.2, 0.25) is 0 Å². The lowest BCUT2D eigenvalue weighted by atomic mass is 9.99. The van der Waals surface area contributed by atoms with Crippen molar-refractivity contribution in [3.63, 3.8) is 0 Å². The summed E-state index contributed by atoms with van der Waals surface area (Å²) in [7, 11) is 2.12. The molecule has 2 aromatic heterocycles. The Balaban J connectivity index is 2.13. The summed E-state index contributed by atoms with van der Waals surface area (Å²) in [5.74, 6) is 0. The SMILES string of the molecule is CCC(N)C(c1ccsc1)N(C)Cc1ccoc1. The predicted octanol–water partition coefficient (Wildman–Crippen LogP) is 3.25. The van der Waals surface area contributed by atoms with Gasteiger partial charge in [0, 0.05) is 18.2 Å². The summed E-state index contributed by atoms with van der Waals surface area (Å²) in [6.07, 6.45) is 4.47. The fraction of sp³-hybridized carbons (Fsp3) is 0.429. The largest absolute Gasteiger partial charge is 0.472 e. The summed E-state index contributed by atoms with van der Waals surface area (Å²) in [6, 6.07) is 4.57. The molecule has 0 aromatic carbocycles. The highest BCUT2D eigenvalue weighted by Gasteiger charge is 2.23. The maximum absolute atomic E-state index is 6.28. The van der Waals surface area contributed by atoms with Gasteiger partial charge in [0.15, 0.2) is 0 Å². The van der Waals surface area contributed by atoms with Gasteiger partial charge in [-0.25, -0.2) is 0 Å². The Morgan fingerprint density at radius 2 is 2.28 bits per heavy atom. The Bertz CT molecular complexity index is 438. The first kappa shape index (κ1) is 13.3. The summed E-state index contributed by atoms with van der Waals surface area (Å²) in [5, 5.41) is 4.29. The molecule has 0 aliphatic heterocycles. The smallest absolute Gasteiger partial charge is 0.0947 e. The van der Waals surface area contributed by atoms with E-state index >= 15 is 0 Å². The minimum absolute atomic E-state index is 0.150. The zero-order valence-electron chi connectivity index (χ0n) is 10.9. The Hall–Kier alpha value is -1.10. The van der Waals surface area contributed by atoms with E-state index in [1.807, 2.05) is 6.07 Å². The molecule has 2 rings (SSSR count). The minimum Gasteiger partial charge on any atom is -0.472 e. The molecule has 2 unspecified atom stereocenters. The number of rotatable bonds is 6. The van der Waals surface area contributed by atoms with Crippen molar-refractivity contribution in [3.05, 3.63) is 46.5 Å². The van der Waals surface area contributed by atoms with Crippen molar-refractivity contribution in [3.8, 4) is 0 Å². The topological polar surface area (TPSA) is 42.4 Å². The minimum atomic E-state index is 0.150. The predicted molar refractivity (Wildman–Crippen MR) is 75.5 cm³/mol. The van der Waals surface area contributed by atoms with E-state index in [1.165, 1.54) is 11.1 Å². The van der Waals surface area contributed by atoms with Crippen LogP contribution >= 0.6 is 11.3 Å². The highest BCUT2D eigenvalue weighted by Crippen LogP contribution is 2.27. The van der Waals surface area contributed by atoms with Gasteiger partial charge in [-0.05, 0) is 41.9 Å². The summed E-state index contributed by atoms with van der Waals surface area (Å²) >= 11 is 1.72. The average molecular weight is 264 g/mol. The first-order valence-corrected chi connectivity index (χ1v) is 7.15. The molecule has 0 fully saturated rings. The molecule has 2 N–H and O–H groups in total. The van der Waals surface area contributed by atoms with Crippen molar-refractivity contribution < 1.29 is 4.42 Å². The molecule has 0 aliphatic carbocycles. The van der Waals surface area contributed by atoms with E-state index in [0.717, 1.165) is 13.0 Å². The van der Waals surface area contributed by atoms with Gasteiger partial charge in [-0.15, -0.1) is 0 Å². The summed E-state index contributed by atoms with van der Waals surface area (Å²) in [5.41, 5.74) is 8.77. The number of thiophene rings is 1. The zero-order chi connectivity index (χ0) is 13.0. The highest BCUT2D eigenvalue weighted by molar-refractivity contribution is 7.07. The van der Waals surface area contributed by atoms with Gasteiger partial charge in [-0.1, -0.05) is 6.92 Å². The molecule has 0 radical (unpaired) electrons. The quantitative estimate of drug-likeness (QED) is 0.871. The van der Waals surface area contributed by atoms with E-state index < -0.39 is 0 Å². The van der Waals surface area contributed by atoms with Crippen LogP contribution in [0.4, 0.5) is 0 Å². The standard InChI is InChI=1S/C14H20N2OS/c1-3-13(15)14(12-5-7-18-10-12)16(2)8-11-4-6-17-9-11/h4-7,9-10,13-14H,3,8,15H2,1-2H3. The first-order valence-electron chi connectivity index (χ1n) is 6.21. The molecule has 3 nitrogen and oxygen atoms in total. The van der Waals surface area contributed by atoms with Crippen molar-refractivity contribution in [1.82, 2.24) is 4.90 Å². The lowest BCUT2D eigenvalue weighted by Gasteiger charge is -2.31. The maximum atomic E-state index is 6.28. The van der Waals surface area contributed by atoms with Gasteiger partial charge >= 0.3 is 0 Å². The second-order valence-electron chi connectivity index (χ2n) is 4.62. The number of furan rings is 1. The highest BCUT2D eigenvalue weighted by atomic mass is 32.1. The van der Waals surface area contributed by atoms with E-state index in [1.54, 1.807) is 23.9 Å². The van der Waals surface area contributed by atoms with Gasteiger partial charge in [0.2, 0.25) is 0 Å². The third kappa shape index (κ3) is 3.02. The number of hydrogen-bond acceptors (Lipinski definition) is 4. The summed E-state index contributed by atoms with van der Waals surface area (Å²) in [4.78, 5) is 2.29. The van der Waals surface area contributed by atoms with Crippen LogP contribution in [0.5, 0.6) is 0 Å². The van der Waals surface area contributed by atoms with Crippen LogP contribution in [-0.2, 0) is 6.54 Å². The van der Waals surface area contributed by atoms with Gasteiger partial charge in [-0.2, -0.15) is 11.3 Å². The Kier molecular flexibility index (Phi) is 4.58. The van der Waals surface area contributed by atoms with E-state index in [-0.39, 0.29) is 12.1 Å². The molecule has 4 heteroatoms. The van der Waals surface area contributed by atoms with Crippen LogP contribution in [0.25, 0.3) is 0 Å². The third-order valence-electron chi connectivity index (χ3n) is 3.25. The van der Waals surface area contributed by atoms with Crippen LogP contribution in [0.15, 0.2) is 39.8 Å². The van der Waals surface area contributed by atoms with E-state index in [2.05, 4.69) is 35.7 Å². The Labute approximate surface area is 112 Å². The lowest BCUT2D eigenvalue weighted by Crippen LogP contribution is -2.38. The van der Waals surface area contributed by atoms with Crippen LogP contribution in [0, 0.1) is 0 Å². The van der Waals surface area contributed by atoms with Crippen LogP contribution < -0.4 is 5.73 Å². The van der Waals surface area contributed by atoms with Gasteiger partial charge in [0.25, 0.3) is 0 Å². The summed E-state index contributed by atoms with van der Waals surface area (Å²) in [6.45, 7) is 2.99. The fourth-order valence-electron chi connectivity index (χ4n) is 2.26. The average Bonchev–Trinajstić information content (AvgIpc) is 3.02. The van der Waals surface area contributed by atoms with Gasteiger partial charge < -0.3 is 10.2 Å². The molecule has 0 spiro atoms. The summed E-state index contributed by atoms with van der Waals surface area (Å²) < 4.78 is 5.12. The first-order chi connectivity index (χ1) is 8.72. The van der Waals surface area contributed by atoms with Crippen molar-refractivity contribution >= 4 is 11.3 Å². The number of nitrogens with two attached hydrogens (primary N) is 1. The molecule has 2 atom stereocenters. The van der Waals surface area contributed by atoms with Crippen molar-refractivity contribution in [2.45, 2.75) is 32.0 Å². The van der Waals surface area contributed by atoms with E-state index in [4.69, 9.17) is 10.2 Å². The molecular formula is C14H20N2OS. The molecule has 2 heterocycles. The third-order valence-corrected chi connectivity index (χ3v) is 3.95. The van der Waals surface area contributed by atoms with Gasteiger partial charge in [0.1, 0.15) is 0 Å². The molecule has 2 aromatic rings. The molecule has 18 heavy (non-hydrogen) atoms. The molecule has 0 saturated heterocycles. The lowest BCUT2D eigenvalue weighted by molar-refractivity contribution is 0.201. The van der Waals surface area contributed by atoms with Gasteiger partial charge in [0.05, 0.1) is 18.6 Å². The second-order valence-corrected chi connectivity index (χ2v) is 5.40. The molecule has 0 aliphatic rings. The van der Waals surface area contributed by atoms with Crippen LogP contribution in [0.1, 0.15) is 30.5 Å². The number of nitrogens with zero attached hydrogens (tertiary/aromatic N) is 1. The van der Waals surface area contributed by atoms with Crippen molar-refractivity contribution in [1.29, 1.82) is 0 Å². The molecule has 0 amide bonds. The van der Waals surface area contributed by atoms with Crippen molar-refractivity contribution in [2.24, 2.45) is 5.73 Å². The monoisotopic (exact) mass is 264 g/mol. The van der Waals surface area contributed by atoms with Crippen LogP contribution in [-0.4, -0.2) is 18.0 Å².